The number of hydrogen-bond acceptors (Lipinski definition) is 3. The monoisotopic (exact) mass is 357 g/mol. The Bertz CT molecular complexity index is 904. The van der Waals surface area contributed by atoms with Crippen molar-refractivity contribution in [2.75, 3.05) is 5.32 Å². The second kappa shape index (κ2) is 7.82. The van der Waals surface area contributed by atoms with Crippen molar-refractivity contribution in [3.05, 3.63) is 83.3 Å². The first-order chi connectivity index (χ1) is 12.5. The summed E-state index contributed by atoms with van der Waals surface area (Å²) >= 11 is 0. The predicted octanol–water partition coefficient (Wildman–Crippen LogP) is 4.95. The van der Waals surface area contributed by atoms with Crippen LogP contribution in [0.25, 0.3) is 0 Å². The number of hydrogen-bond donors (Lipinski definition) is 1. The van der Waals surface area contributed by atoms with Crippen molar-refractivity contribution >= 4 is 11.6 Å². The molecular formula is C20H17F2NO3. The molecule has 6 heteroatoms. The Balaban J connectivity index is 1.60. The van der Waals surface area contributed by atoms with Crippen LogP contribution in [0.5, 0.6) is 5.75 Å². The van der Waals surface area contributed by atoms with Gasteiger partial charge in [0.15, 0.2) is 17.3 Å². The van der Waals surface area contributed by atoms with E-state index in [2.05, 4.69) is 12.2 Å². The summed E-state index contributed by atoms with van der Waals surface area (Å²) in [6, 6.07) is 13.6. The van der Waals surface area contributed by atoms with Crippen LogP contribution in [0.2, 0.25) is 0 Å². The van der Waals surface area contributed by atoms with Crippen molar-refractivity contribution in [2.45, 2.75) is 20.0 Å². The number of carbonyl (C=O) groups is 1. The normalized spacial score (nSPS) is 10.6. The topological polar surface area (TPSA) is 51.5 Å². The van der Waals surface area contributed by atoms with Gasteiger partial charge in [0, 0.05) is 11.8 Å². The van der Waals surface area contributed by atoms with Crippen LogP contribution in [-0.4, -0.2) is 5.91 Å². The summed E-state index contributed by atoms with van der Waals surface area (Å²) in [4.78, 5) is 12.2. The summed E-state index contributed by atoms with van der Waals surface area (Å²) in [7, 11) is 0. The van der Waals surface area contributed by atoms with E-state index in [1.54, 1.807) is 6.07 Å². The van der Waals surface area contributed by atoms with Crippen LogP contribution in [-0.2, 0) is 13.0 Å². The Morgan fingerprint density at radius 3 is 2.54 bits per heavy atom. The molecule has 134 valence electrons. The van der Waals surface area contributed by atoms with Gasteiger partial charge in [-0.25, -0.2) is 8.78 Å². The third kappa shape index (κ3) is 4.27. The Hall–Kier alpha value is -3.15. The van der Waals surface area contributed by atoms with E-state index in [1.165, 1.54) is 17.7 Å². The minimum absolute atomic E-state index is 0.0823. The van der Waals surface area contributed by atoms with Gasteiger partial charge in [-0.1, -0.05) is 19.1 Å². The molecule has 4 nitrogen and oxygen atoms in total. The molecule has 0 bridgehead atoms. The Labute approximate surface area is 149 Å². The first-order valence-corrected chi connectivity index (χ1v) is 8.12. The van der Waals surface area contributed by atoms with Crippen LogP contribution in [0, 0.1) is 11.6 Å². The van der Waals surface area contributed by atoms with E-state index in [1.807, 2.05) is 24.3 Å². The minimum Gasteiger partial charge on any atom is -0.483 e. The number of furan rings is 1. The van der Waals surface area contributed by atoms with E-state index >= 15 is 0 Å². The summed E-state index contributed by atoms with van der Waals surface area (Å²) in [6.07, 6.45) is 0.921. The average Bonchev–Trinajstić information content (AvgIpc) is 3.11. The average molecular weight is 357 g/mol. The first kappa shape index (κ1) is 17.7. The molecular weight excluding hydrogens is 340 g/mol. The van der Waals surface area contributed by atoms with Crippen LogP contribution >= 0.6 is 0 Å². The van der Waals surface area contributed by atoms with Crippen LogP contribution in [0.1, 0.15) is 28.8 Å². The van der Waals surface area contributed by atoms with Gasteiger partial charge in [-0.2, -0.15) is 0 Å². The van der Waals surface area contributed by atoms with Gasteiger partial charge in [-0.3, -0.25) is 4.79 Å². The fourth-order valence-corrected chi connectivity index (χ4v) is 2.34. The molecule has 3 rings (SSSR count). The molecule has 3 aromatic rings. The highest BCUT2D eigenvalue weighted by atomic mass is 19.1. The number of ether oxygens (including phenoxy) is 1. The van der Waals surface area contributed by atoms with Crippen molar-refractivity contribution in [2.24, 2.45) is 0 Å². The van der Waals surface area contributed by atoms with Gasteiger partial charge in [-0.05, 0) is 48.4 Å². The largest absolute Gasteiger partial charge is 0.483 e. The second-order valence-corrected chi connectivity index (χ2v) is 5.63. The third-order valence-corrected chi connectivity index (χ3v) is 3.77. The van der Waals surface area contributed by atoms with Crippen molar-refractivity contribution in [1.29, 1.82) is 0 Å². The lowest BCUT2D eigenvalue weighted by molar-refractivity contribution is 0.0992. The van der Waals surface area contributed by atoms with Gasteiger partial charge >= 0.3 is 0 Å². The third-order valence-electron chi connectivity index (χ3n) is 3.77. The molecule has 0 saturated carbocycles. The Kier molecular flexibility index (Phi) is 5.31. The zero-order valence-electron chi connectivity index (χ0n) is 14.1. The van der Waals surface area contributed by atoms with Crippen molar-refractivity contribution in [3.8, 4) is 5.75 Å². The number of halogens is 2. The van der Waals surface area contributed by atoms with E-state index in [-0.39, 0.29) is 18.1 Å². The maximum atomic E-state index is 13.5. The number of aryl methyl sites for hydroxylation is 1. The van der Waals surface area contributed by atoms with Crippen LogP contribution in [0.3, 0.4) is 0 Å². The molecule has 1 heterocycles. The molecule has 1 aromatic heterocycles. The summed E-state index contributed by atoms with van der Waals surface area (Å²) < 4.78 is 37.1. The molecule has 0 fully saturated rings. The summed E-state index contributed by atoms with van der Waals surface area (Å²) in [6.45, 7) is 1.97. The maximum Gasteiger partial charge on any atom is 0.291 e. The molecule has 0 atom stereocenters. The molecule has 1 N–H and O–H groups in total. The minimum atomic E-state index is -0.801. The number of carbonyl (C=O) groups excluding carboxylic acids is 1. The fraction of sp³-hybridized carbons (Fsp3) is 0.150. The quantitative estimate of drug-likeness (QED) is 0.679. The van der Waals surface area contributed by atoms with Crippen molar-refractivity contribution in [3.63, 3.8) is 0 Å². The number of anilines is 1. The number of benzene rings is 2. The van der Waals surface area contributed by atoms with Crippen molar-refractivity contribution < 1.29 is 22.7 Å². The van der Waals surface area contributed by atoms with Gasteiger partial charge in [0.2, 0.25) is 0 Å². The first-order valence-electron chi connectivity index (χ1n) is 8.12. The summed E-state index contributed by atoms with van der Waals surface area (Å²) in [5.41, 5.74) is 1.84. The van der Waals surface area contributed by atoms with Gasteiger partial charge in [0.1, 0.15) is 18.2 Å². The van der Waals surface area contributed by atoms with Gasteiger partial charge in [0.25, 0.3) is 5.91 Å². The fourth-order valence-electron chi connectivity index (χ4n) is 2.34. The number of rotatable bonds is 6. The smallest absolute Gasteiger partial charge is 0.291 e. The highest BCUT2D eigenvalue weighted by Crippen LogP contribution is 2.20. The molecule has 0 spiro atoms. The van der Waals surface area contributed by atoms with Gasteiger partial charge in [-0.15, -0.1) is 0 Å². The molecule has 2 aromatic carbocycles. The Morgan fingerprint density at radius 2 is 1.85 bits per heavy atom. The zero-order chi connectivity index (χ0) is 18.5. The van der Waals surface area contributed by atoms with E-state index < -0.39 is 17.5 Å². The van der Waals surface area contributed by atoms with Crippen LogP contribution in [0.15, 0.2) is 59.0 Å². The van der Waals surface area contributed by atoms with Crippen LogP contribution in [0.4, 0.5) is 14.5 Å². The van der Waals surface area contributed by atoms with Crippen molar-refractivity contribution in [1.82, 2.24) is 0 Å². The number of nitrogens with one attached hydrogen (secondary N) is 1. The molecule has 1 amide bonds. The van der Waals surface area contributed by atoms with Crippen LogP contribution < -0.4 is 10.1 Å². The lowest BCUT2D eigenvalue weighted by Crippen LogP contribution is -2.10. The maximum absolute atomic E-state index is 13.5. The van der Waals surface area contributed by atoms with E-state index in [0.717, 1.165) is 18.6 Å². The molecule has 0 unspecified atom stereocenters. The standard InChI is InChI=1S/C20H17F2NO3/c1-2-13-3-6-15(7-4-13)23-20(24)19-10-8-16(26-19)12-25-18-9-5-14(21)11-17(18)22/h3-11H,2,12H2,1H3,(H,23,24). The second-order valence-electron chi connectivity index (χ2n) is 5.63. The van der Waals surface area contributed by atoms with E-state index in [9.17, 15) is 13.6 Å². The summed E-state index contributed by atoms with van der Waals surface area (Å²) in [5, 5.41) is 2.74. The van der Waals surface area contributed by atoms with Gasteiger partial charge < -0.3 is 14.5 Å². The highest BCUT2D eigenvalue weighted by Gasteiger charge is 2.13. The number of amides is 1. The van der Waals surface area contributed by atoms with E-state index in [4.69, 9.17) is 9.15 Å². The molecule has 0 aliphatic heterocycles. The lowest BCUT2D eigenvalue weighted by Gasteiger charge is -2.06. The zero-order valence-corrected chi connectivity index (χ0v) is 14.1. The summed E-state index contributed by atoms with van der Waals surface area (Å²) in [5.74, 6) is -1.51. The van der Waals surface area contributed by atoms with E-state index in [0.29, 0.717) is 11.4 Å². The molecule has 0 saturated heterocycles. The lowest BCUT2D eigenvalue weighted by atomic mass is 10.1. The molecule has 0 aliphatic carbocycles. The SMILES string of the molecule is CCc1ccc(NC(=O)c2ccc(COc3ccc(F)cc3F)o2)cc1. The molecule has 26 heavy (non-hydrogen) atoms. The van der Waals surface area contributed by atoms with Gasteiger partial charge in [0.05, 0.1) is 0 Å². The Morgan fingerprint density at radius 1 is 1.08 bits per heavy atom. The molecule has 0 aliphatic rings. The predicted molar refractivity (Wildman–Crippen MR) is 93.2 cm³/mol. The highest BCUT2D eigenvalue weighted by molar-refractivity contribution is 6.02. The molecule has 0 radical (unpaired) electrons.